The molecule has 3 atom stereocenters. The summed E-state index contributed by atoms with van der Waals surface area (Å²) in [6.07, 6.45) is -0.0498. The minimum Gasteiger partial charge on any atom is -0.392 e. The number of carbonyl (C=O) groups is 1. The van der Waals surface area contributed by atoms with Gasteiger partial charge < -0.3 is 15.7 Å². The minimum atomic E-state index is -0.473. The molecule has 3 unspecified atom stereocenters. The van der Waals surface area contributed by atoms with Gasteiger partial charge in [-0.3, -0.25) is 4.79 Å². The van der Waals surface area contributed by atoms with Crippen molar-refractivity contribution in [2.75, 3.05) is 6.54 Å². The maximum Gasteiger partial charge on any atom is 0.237 e. The van der Waals surface area contributed by atoms with Gasteiger partial charge in [0.2, 0.25) is 5.91 Å². The lowest BCUT2D eigenvalue weighted by Gasteiger charge is -2.33. The van der Waals surface area contributed by atoms with Crippen LogP contribution >= 0.6 is 0 Å². The molecule has 1 aromatic carbocycles. The van der Waals surface area contributed by atoms with Crippen LogP contribution in [0.4, 0.5) is 4.39 Å². The minimum absolute atomic E-state index is 0.129. The summed E-state index contributed by atoms with van der Waals surface area (Å²) < 4.78 is 13.1. The van der Waals surface area contributed by atoms with Crippen molar-refractivity contribution in [1.82, 2.24) is 10.6 Å². The van der Waals surface area contributed by atoms with Crippen LogP contribution in [0.25, 0.3) is 0 Å². The van der Waals surface area contributed by atoms with Crippen LogP contribution in [-0.2, 0) is 4.79 Å². The fraction of sp³-hybridized carbons (Fsp3) is 0.562. The Bertz CT molecular complexity index is 496. The molecule has 1 heterocycles. The highest BCUT2D eigenvalue weighted by Gasteiger charge is 2.33. The first kappa shape index (κ1) is 15.9. The van der Waals surface area contributed by atoms with Crippen molar-refractivity contribution in [3.63, 3.8) is 0 Å². The Kier molecular flexibility index (Phi) is 4.64. The van der Waals surface area contributed by atoms with Gasteiger partial charge in [-0.1, -0.05) is 32.9 Å². The Morgan fingerprint density at radius 2 is 2.00 bits per heavy atom. The van der Waals surface area contributed by atoms with Crippen molar-refractivity contribution in [2.45, 2.75) is 45.4 Å². The highest BCUT2D eigenvalue weighted by molar-refractivity contribution is 5.82. The van der Waals surface area contributed by atoms with Gasteiger partial charge in [-0.25, -0.2) is 4.39 Å². The number of hydrogen-bond acceptors (Lipinski definition) is 3. The third-order valence-electron chi connectivity index (χ3n) is 3.78. The van der Waals surface area contributed by atoms with E-state index in [4.69, 9.17) is 0 Å². The largest absolute Gasteiger partial charge is 0.392 e. The Labute approximate surface area is 124 Å². The third kappa shape index (κ3) is 4.02. The molecule has 4 nitrogen and oxygen atoms in total. The lowest BCUT2D eigenvalue weighted by molar-refractivity contribution is -0.124. The Hall–Kier alpha value is -1.46. The maximum absolute atomic E-state index is 13.1. The van der Waals surface area contributed by atoms with Crippen molar-refractivity contribution in [1.29, 1.82) is 0 Å². The zero-order valence-electron chi connectivity index (χ0n) is 12.7. The normalized spacial score (nSPS) is 23.9. The molecule has 1 aliphatic rings. The molecule has 116 valence electrons. The predicted octanol–water partition coefficient (Wildman–Crippen LogP) is 1.75. The number of aliphatic hydroxyl groups excluding tert-OH is 1. The van der Waals surface area contributed by atoms with Gasteiger partial charge in [-0.05, 0) is 29.5 Å². The fourth-order valence-electron chi connectivity index (χ4n) is 2.61. The Morgan fingerprint density at radius 3 is 2.48 bits per heavy atom. The van der Waals surface area contributed by atoms with E-state index in [9.17, 15) is 14.3 Å². The number of aliphatic hydroxyl groups is 1. The van der Waals surface area contributed by atoms with Gasteiger partial charge in [0, 0.05) is 6.54 Å². The van der Waals surface area contributed by atoms with Crippen molar-refractivity contribution < 1.29 is 14.3 Å². The van der Waals surface area contributed by atoms with Crippen molar-refractivity contribution >= 4 is 5.91 Å². The number of nitrogens with one attached hydrogen (secondary N) is 2. The van der Waals surface area contributed by atoms with Crippen LogP contribution in [0.5, 0.6) is 0 Å². The van der Waals surface area contributed by atoms with Crippen molar-refractivity contribution in [3.8, 4) is 0 Å². The average Bonchev–Trinajstić information content (AvgIpc) is 2.82. The summed E-state index contributed by atoms with van der Waals surface area (Å²) in [5, 5.41) is 15.5. The third-order valence-corrected chi connectivity index (χ3v) is 3.78. The number of rotatable bonds is 3. The number of carbonyl (C=O) groups excluding carboxylic acids is 1. The predicted molar refractivity (Wildman–Crippen MR) is 79.2 cm³/mol. The first-order valence-corrected chi connectivity index (χ1v) is 7.24. The number of halogens is 1. The van der Waals surface area contributed by atoms with Crippen LogP contribution in [-0.4, -0.2) is 29.7 Å². The van der Waals surface area contributed by atoms with E-state index in [1.54, 1.807) is 12.1 Å². The summed E-state index contributed by atoms with van der Waals surface area (Å²) in [5.41, 5.74) is 0.667. The van der Waals surface area contributed by atoms with E-state index >= 15 is 0 Å². The molecule has 0 aliphatic carbocycles. The van der Waals surface area contributed by atoms with Gasteiger partial charge in [-0.15, -0.1) is 0 Å². The van der Waals surface area contributed by atoms with E-state index in [1.807, 2.05) is 20.8 Å². The standard InChI is InChI=1S/C16H23FN2O2/c1-16(2,3)14(10-4-6-11(17)7-5-10)19-15(21)13-8-12(20)9-18-13/h4-7,12-14,18,20H,8-9H2,1-3H3,(H,19,21). The zero-order valence-corrected chi connectivity index (χ0v) is 12.7. The van der Waals surface area contributed by atoms with Gasteiger partial charge >= 0.3 is 0 Å². The monoisotopic (exact) mass is 294 g/mol. The number of hydrogen-bond donors (Lipinski definition) is 3. The van der Waals surface area contributed by atoms with E-state index in [0.29, 0.717) is 13.0 Å². The van der Waals surface area contributed by atoms with Gasteiger partial charge in [0.1, 0.15) is 5.82 Å². The molecule has 2 rings (SSSR count). The Balaban J connectivity index is 2.14. The highest BCUT2D eigenvalue weighted by atomic mass is 19.1. The fourth-order valence-corrected chi connectivity index (χ4v) is 2.61. The summed E-state index contributed by atoms with van der Waals surface area (Å²) in [5.74, 6) is -0.422. The Morgan fingerprint density at radius 1 is 1.38 bits per heavy atom. The lowest BCUT2D eigenvalue weighted by atomic mass is 9.82. The molecule has 1 aromatic rings. The summed E-state index contributed by atoms with van der Waals surface area (Å²) >= 11 is 0. The van der Waals surface area contributed by atoms with Gasteiger partial charge in [0.15, 0.2) is 0 Å². The second kappa shape index (κ2) is 6.12. The molecular formula is C16H23FN2O2. The van der Waals surface area contributed by atoms with E-state index < -0.39 is 6.10 Å². The second-order valence-electron chi connectivity index (χ2n) is 6.71. The number of β-amino-alcohol motifs (C(OH)–C–C–N with tert-alkyl or cyclic N) is 1. The summed E-state index contributed by atoms with van der Waals surface area (Å²) in [7, 11) is 0. The van der Waals surface area contributed by atoms with Crippen LogP contribution in [0, 0.1) is 11.2 Å². The molecule has 0 radical (unpaired) electrons. The second-order valence-corrected chi connectivity index (χ2v) is 6.71. The van der Waals surface area contributed by atoms with E-state index in [-0.39, 0.29) is 29.2 Å². The van der Waals surface area contributed by atoms with Crippen LogP contribution < -0.4 is 10.6 Å². The molecule has 1 saturated heterocycles. The quantitative estimate of drug-likeness (QED) is 0.796. The smallest absolute Gasteiger partial charge is 0.237 e. The topological polar surface area (TPSA) is 61.4 Å². The van der Waals surface area contributed by atoms with E-state index in [2.05, 4.69) is 10.6 Å². The molecular weight excluding hydrogens is 271 g/mol. The summed E-state index contributed by atoms with van der Waals surface area (Å²) in [6, 6.07) is 5.61. The van der Waals surface area contributed by atoms with Gasteiger partial charge in [-0.2, -0.15) is 0 Å². The maximum atomic E-state index is 13.1. The highest BCUT2D eigenvalue weighted by Crippen LogP contribution is 2.33. The van der Waals surface area contributed by atoms with Crippen LogP contribution in [0.15, 0.2) is 24.3 Å². The lowest BCUT2D eigenvalue weighted by Crippen LogP contribution is -2.45. The summed E-state index contributed by atoms with van der Waals surface area (Å²) in [4.78, 5) is 12.3. The average molecular weight is 294 g/mol. The van der Waals surface area contributed by atoms with Gasteiger partial charge in [0.25, 0.3) is 0 Å². The molecule has 0 saturated carbocycles. The van der Waals surface area contributed by atoms with E-state index in [1.165, 1.54) is 12.1 Å². The first-order valence-electron chi connectivity index (χ1n) is 7.24. The molecule has 1 fully saturated rings. The molecule has 0 spiro atoms. The van der Waals surface area contributed by atoms with Crippen LogP contribution in [0.1, 0.15) is 38.8 Å². The van der Waals surface area contributed by atoms with Crippen molar-refractivity contribution in [3.05, 3.63) is 35.6 Å². The molecule has 1 amide bonds. The molecule has 0 aromatic heterocycles. The van der Waals surface area contributed by atoms with Crippen molar-refractivity contribution in [2.24, 2.45) is 5.41 Å². The van der Waals surface area contributed by atoms with Gasteiger partial charge in [0.05, 0.1) is 18.2 Å². The van der Waals surface area contributed by atoms with Crippen LogP contribution in [0.3, 0.4) is 0 Å². The zero-order chi connectivity index (χ0) is 15.6. The molecule has 3 N–H and O–H groups in total. The molecule has 0 bridgehead atoms. The molecule has 1 aliphatic heterocycles. The number of benzene rings is 1. The van der Waals surface area contributed by atoms with Crippen LogP contribution in [0.2, 0.25) is 0 Å². The van der Waals surface area contributed by atoms with E-state index in [0.717, 1.165) is 5.56 Å². The first-order chi connectivity index (χ1) is 9.77. The summed E-state index contributed by atoms with van der Waals surface area (Å²) in [6.45, 7) is 6.52. The SMILES string of the molecule is CC(C)(C)C(NC(=O)C1CC(O)CN1)c1ccc(F)cc1. The molecule has 5 heteroatoms. The number of amides is 1. The molecule has 21 heavy (non-hydrogen) atoms.